The molecule has 0 aliphatic carbocycles. The minimum absolute atomic E-state index is 0.543. The van der Waals surface area contributed by atoms with Gasteiger partial charge in [-0.05, 0) is 14.1 Å². The maximum Gasteiger partial charge on any atom is 0.294 e. The van der Waals surface area contributed by atoms with Gasteiger partial charge in [0.15, 0.2) is 18.3 Å². The van der Waals surface area contributed by atoms with Crippen molar-refractivity contribution < 1.29 is 49.6 Å². The van der Waals surface area contributed by atoms with Crippen LogP contribution < -0.4 is 0 Å². The fourth-order valence-electron chi connectivity index (χ4n) is 1.98. The molecule has 0 spiro atoms. The summed E-state index contributed by atoms with van der Waals surface area (Å²) in [7, 11) is 2.65. The number of nitrogens with zero attached hydrogens (tertiary/aromatic N) is 6. The lowest BCUT2D eigenvalue weighted by Gasteiger charge is -2.33. The quantitative estimate of drug-likeness (QED) is 0.189. The van der Waals surface area contributed by atoms with E-state index < -0.39 is 63.0 Å². The summed E-state index contributed by atoms with van der Waals surface area (Å²) in [4.78, 5) is 74.7. The van der Waals surface area contributed by atoms with Crippen LogP contribution in [-0.2, 0) is 24.2 Å². The second-order valence-corrected chi connectivity index (χ2v) is 5.10. The zero-order valence-electron chi connectivity index (χ0n) is 14.5. The first-order valence-electron chi connectivity index (χ1n) is 7.00. The van der Waals surface area contributed by atoms with Crippen LogP contribution in [0.4, 0.5) is 0 Å². The Bertz CT molecular complexity index is 614. The first-order chi connectivity index (χ1) is 13.3. The molecule has 0 amide bonds. The second kappa shape index (κ2) is 11.6. The SMILES string of the molecule is CN(C)C[C@H](O[N+](=O)[O-])[C@@H](O[N+](=O)[O-])[C@H](O[N+](=O)[O-])[C@@H](CO[N+](=O)[O-])O[N+](=O)[O-]. The Morgan fingerprint density at radius 2 is 1.03 bits per heavy atom. The van der Waals surface area contributed by atoms with Crippen molar-refractivity contribution in [3.05, 3.63) is 50.6 Å². The van der Waals surface area contributed by atoms with Gasteiger partial charge < -0.3 is 29.1 Å². The van der Waals surface area contributed by atoms with Gasteiger partial charge >= 0.3 is 0 Å². The van der Waals surface area contributed by atoms with Gasteiger partial charge in [-0.25, -0.2) is 0 Å². The highest BCUT2D eigenvalue weighted by Gasteiger charge is 2.45. The van der Waals surface area contributed by atoms with Crippen LogP contribution in [-0.4, -0.2) is 82.0 Å². The number of likely N-dealkylation sites (N-methyl/N-ethyl adjacent to an activating group) is 1. The number of hydrogen-bond donors (Lipinski definition) is 0. The Morgan fingerprint density at radius 1 is 0.655 bits per heavy atom. The van der Waals surface area contributed by atoms with Crippen LogP contribution in [0.15, 0.2) is 0 Å². The zero-order valence-corrected chi connectivity index (χ0v) is 14.5. The molecular weight excluding hydrogens is 420 g/mol. The molecule has 166 valence electrons. The van der Waals surface area contributed by atoms with Crippen LogP contribution in [0.1, 0.15) is 0 Å². The number of hydrogen-bond acceptors (Lipinski definition) is 16. The molecule has 21 nitrogen and oxygen atoms in total. The largest absolute Gasteiger partial charge is 0.311 e. The Kier molecular flexibility index (Phi) is 10.0. The maximum atomic E-state index is 10.8. The Hall–Kier alpha value is -4.04. The van der Waals surface area contributed by atoms with Crippen LogP contribution >= 0.6 is 0 Å². The lowest BCUT2D eigenvalue weighted by molar-refractivity contribution is -0.831. The van der Waals surface area contributed by atoms with Gasteiger partial charge in [0, 0.05) is 6.54 Å². The van der Waals surface area contributed by atoms with Crippen molar-refractivity contribution in [2.45, 2.75) is 24.4 Å². The van der Waals surface area contributed by atoms with Crippen molar-refractivity contribution in [3.8, 4) is 0 Å². The highest BCUT2D eigenvalue weighted by atomic mass is 17.0. The van der Waals surface area contributed by atoms with E-state index in [1.807, 2.05) is 0 Å². The zero-order chi connectivity index (χ0) is 22.7. The van der Waals surface area contributed by atoms with E-state index in [0.29, 0.717) is 0 Å². The van der Waals surface area contributed by atoms with E-state index in [2.05, 4.69) is 24.2 Å². The van der Waals surface area contributed by atoms with E-state index in [4.69, 9.17) is 0 Å². The highest BCUT2D eigenvalue weighted by molar-refractivity contribution is 4.85. The lowest BCUT2D eigenvalue weighted by atomic mass is 10.0. The average Bonchev–Trinajstić information content (AvgIpc) is 2.52. The predicted molar refractivity (Wildman–Crippen MR) is 79.0 cm³/mol. The van der Waals surface area contributed by atoms with Gasteiger partial charge in [-0.15, -0.1) is 50.6 Å². The smallest absolute Gasteiger partial charge is 0.294 e. The van der Waals surface area contributed by atoms with Crippen LogP contribution in [0.5, 0.6) is 0 Å². The van der Waals surface area contributed by atoms with Crippen molar-refractivity contribution in [1.82, 2.24) is 4.90 Å². The highest BCUT2D eigenvalue weighted by Crippen LogP contribution is 2.20. The molecule has 0 saturated heterocycles. The van der Waals surface area contributed by atoms with Crippen molar-refractivity contribution in [2.75, 3.05) is 27.2 Å². The first kappa shape index (κ1) is 25.0. The summed E-state index contributed by atoms with van der Waals surface area (Å²) in [5.41, 5.74) is 0. The molecule has 0 aliphatic heterocycles. The molecule has 0 aromatic heterocycles. The molecule has 21 heteroatoms. The van der Waals surface area contributed by atoms with E-state index in [9.17, 15) is 50.6 Å². The fourth-order valence-corrected chi connectivity index (χ4v) is 1.98. The molecule has 0 N–H and O–H groups in total. The van der Waals surface area contributed by atoms with Crippen LogP contribution in [0.2, 0.25) is 0 Å². The summed E-state index contributed by atoms with van der Waals surface area (Å²) in [5, 5.41) is 45.7. The Balaban J connectivity index is 6.17. The summed E-state index contributed by atoms with van der Waals surface area (Å²) < 4.78 is 0. The summed E-state index contributed by atoms with van der Waals surface area (Å²) in [6.45, 7) is -1.93. The van der Waals surface area contributed by atoms with Crippen molar-refractivity contribution in [2.24, 2.45) is 0 Å². The van der Waals surface area contributed by atoms with Crippen molar-refractivity contribution >= 4 is 0 Å². The van der Waals surface area contributed by atoms with Crippen molar-refractivity contribution in [3.63, 3.8) is 0 Å². The molecule has 0 aromatic rings. The number of rotatable bonds is 16. The van der Waals surface area contributed by atoms with Gasteiger partial charge in [-0.2, -0.15) is 0 Å². The standard InChI is InChI=1S/C8H14N6O15/c1-9(2)3-5(26-11(17)18)7(28-13(21)22)8(29-14(23)24)6(27-12(19)20)4-25-10(15)16/h5-8H,3-4H2,1-2H3/t5-,6+,7+,8+/m0/s1. The third-order valence-corrected chi connectivity index (χ3v) is 2.80. The molecular formula is C8H14N6O15. The first-order valence-corrected chi connectivity index (χ1v) is 7.00. The monoisotopic (exact) mass is 434 g/mol. The average molecular weight is 434 g/mol. The van der Waals surface area contributed by atoms with Gasteiger partial charge in [0.1, 0.15) is 12.7 Å². The molecule has 0 rings (SSSR count). The molecule has 4 atom stereocenters. The normalized spacial score (nSPS) is 14.6. The van der Waals surface area contributed by atoms with Crippen LogP contribution in [0, 0.1) is 50.6 Å². The Labute approximate surface area is 158 Å². The molecule has 0 fully saturated rings. The third kappa shape index (κ3) is 10.6. The van der Waals surface area contributed by atoms with Crippen LogP contribution in [0.25, 0.3) is 0 Å². The fraction of sp³-hybridized carbons (Fsp3) is 1.00. The lowest BCUT2D eigenvalue weighted by Crippen LogP contribution is -2.55. The molecule has 0 heterocycles. The third-order valence-electron chi connectivity index (χ3n) is 2.80. The molecule has 0 bridgehead atoms. The molecule has 0 radical (unpaired) electrons. The minimum atomic E-state index is -2.51. The minimum Gasteiger partial charge on any atom is -0.311 e. The van der Waals surface area contributed by atoms with Gasteiger partial charge in [0.2, 0.25) is 0 Å². The molecule has 0 aromatic carbocycles. The summed E-state index contributed by atoms with van der Waals surface area (Å²) >= 11 is 0. The topological polar surface area (TPSA) is 265 Å². The second-order valence-electron chi connectivity index (χ2n) is 5.10. The van der Waals surface area contributed by atoms with Gasteiger partial charge in [0.05, 0.1) is 0 Å². The van der Waals surface area contributed by atoms with Crippen molar-refractivity contribution in [1.29, 1.82) is 0 Å². The maximum absolute atomic E-state index is 10.8. The Morgan fingerprint density at radius 3 is 1.38 bits per heavy atom. The van der Waals surface area contributed by atoms with E-state index in [0.717, 1.165) is 0 Å². The molecule has 0 aliphatic rings. The summed E-state index contributed by atoms with van der Waals surface area (Å²) in [6.07, 6.45) is -9.27. The summed E-state index contributed by atoms with van der Waals surface area (Å²) in [6, 6.07) is 0. The van der Waals surface area contributed by atoms with Gasteiger partial charge in [-0.3, -0.25) is 0 Å². The van der Waals surface area contributed by atoms with E-state index in [1.54, 1.807) is 0 Å². The summed E-state index contributed by atoms with van der Waals surface area (Å²) in [5.74, 6) is 0. The van der Waals surface area contributed by atoms with E-state index >= 15 is 0 Å². The molecule has 0 unspecified atom stereocenters. The van der Waals surface area contributed by atoms with Gasteiger partial charge in [0.25, 0.3) is 25.4 Å². The molecule has 29 heavy (non-hydrogen) atoms. The van der Waals surface area contributed by atoms with Gasteiger partial charge in [-0.1, -0.05) is 0 Å². The van der Waals surface area contributed by atoms with E-state index in [-0.39, 0.29) is 0 Å². The molecule has 0 saturated carbocycles. The van der Waals surface area contributed by atoms with E-state index in [1.165, 1.54) is 19.0 Å². The van der Waals surface area contributed by atoms with Crippen LogP contribution in [0.3, 0.4) is 0 Å². The predicted octanol–water partition coefficient (Wildman–Crippen LogP) is -1.94.